The minimum Gasteiger partial charge on any atom is -0.393 e. The zero-order valence-corrected chi connectivity index (χ0v) is 15.6. The number of nitrogens with zero attached hydrogens (tertiary/aromatic N) is 3. The molecular formula is C21H24N4O2. The third-order valence-electron chi connectivity index (χ3n) is 5.39. The highest BCUT2D eigenvalue weighted by atomic mass is 16.3. The monoisotopic (exact) mass is 364 g/mol. The Kier molecular flexibility index (Phi) is 4.66. The van der Waals surface area contributed by atoms with Crippen LogP contribution >= 0.6 is 0 Å². The maximum Gasteiger partial charge on any atom is 0.255 e. The molecule has 1 fully saturated rings. The number of hydrogen-bond donors (Lipinski definition) is 2. The van der Waals surface area contributed by atoms with E-state index in [4.69, 9.17) is 0 Å². The van der Waals surface area contributed by atoms with Crippen molar-refractivity contribution in [1.29, 1.82) is 0 Å². The van der Waals surface area contributed by atoms with Gasteiger partial charge in [-0.15, -0.1) is 0 Å². The van der Waals surface area contributed by atoms with Crippen LogP contribution in [0.4, 0.5) is 0 Å². The Labute approximate surface area is 158 Å². The molecule has 0 aliphatic heterocycles. The first-order valence-electron chi connectivity index (χ1n) is 9.42. The molecule has 6 heteroatoms. The third-order valence-corrected chi connectivity index (χ3v) is 5.39. The zero-order valence-electron chi connectivity index (χ0n) is 15.6. The lowest BCUT2D eigenvalue weighted by molar-refractivity contribution is 0.0235. The number of nitrogens with one attached hydrogen (secondary N) is 1. The van der Waals surface area contributed by atoms with E-state index in [0.717, 1.165) is 28.7 Å². The minimum atomic E-state index is -0.285. The minimum absolute atomic E-state index is 0.133. The third kappa shape index (κ3) is 3.45. The Balaban J connectivity index is 1.64. The average Bonchev–Trinajstić information content (AvgIpc) is 3.04. The number of carbonyl (C=O) groups excluding carboxylic acids is 1. The Morgan fingerprint density at radius 2 is 2.15 bits per heavy atom. The van der Waals surface area contributed by atoms with E-state index in [1.54, 1.807) is 10.9 Å². The van der Waals surface area contributed by atoms with E-state index < -0.39 is 0 Å². The van der Waals surface area contributed by atoms with Crippen molar-refractivity contribution in [2.24, 2.45) is 5.92 Å². The van der Waals surface area contributed by atoms with Crippen LogP contribution in [0.25, 0.3) is 10.9 Å². The summed E-state index contributed by atoms with van der Waals surface area (Å²) in [6, 6.07) is 9.85. The normalized spacial score (nSPS) is 20.3. The number of rotatable bonds is 5. The second kappa shape index (κ2) is 7.12. The number of fused-ring (bicyclic) bond motifs is 1. The molecular weight excluding hydrogens is 340 g/mol. The first kappa shape index (κ1) is 17.7. The van der Waals surface area contributed by atoms with Gasteiger partial charge in [-0.1, -0.05) is 18.2 Å². The van der Waals surface area contributed by atoms with Gasteiger partial charge < -0.3 is 10.4 Å². The van der Waals surface area contributed by atoms with Crippen LogP contribution in [-0.4, -0.2) is 31.9 Å². The lowest BCUT2D eigenvalue weighted by Gasteiger charge is -2.38. The highest BCUT2D eigenvalue weighted by Crippen LogP contribution is 2.38. The van der Waals surface area contributed by atoms with E-state index in [2.05, 4.69) is 21.5 Å². The van der Waals surface area contributed by atoms with Gasteiger partial charge in [-0.05, 0) is 50.3 Å². The summed E-state index contributed by atoms with van der Waals surface area (Å²) in [4.78, 5) is 17.5. The van der Waals surface area contributed by atoms with Gasteiger partial charge >= 0.3 is 0 Å². The molecule has 1 unspecified atom stereocenters. The molecule has 0 spiro atoms. The summed E-state index contributed by atoms with van der Waals surface area (Å²) < 4.78 is 1.77. The maximum atomic E-state index is 12.9. The summed E-state index contributed by atoms with van der Waals surface area (Å²) >= 11 is 0. The van der Waals surface area contributed by atoms with Crippen LogP contribution in [0.1, 0.15) is 47.4 Å². The fourth-order valence-electron chi connectivity index (χ4n) is 3.76. The largest absolute Gasteiger partial charge is 0.393 e. The number of amides is 1. The van der Waals surface area contributed by atoms with Crippen molar-refractivity contribution >= 4 is 16.8 Å². The van der Waals surface area contributed by atoms with Crippen molar-refractivity contribution in [2.45, 2.75) is 45.4 Å². The van der Waals surface area contributed by atoms with Crippen molar-refractivity contribution in [3.8, 4) is 0 Å². The number of aliphatic hydroxyl groups excluding tert-OH is 1. The molecule has 1 amide bonds. The summed E-state index contributed by atoms with van der Waals surface area (Å²) in [6.07, 6.45) is 4.71. The molecule has 6 nitrogen and oxygen atoms in total. The SMILES string of the molecule is CCn1cc(C(=O)NC(c2cnc3ccccc3c2)C2CC(O)C2)c(C)n1. The topological polar surface area (TPSA) is 80.0 Å². The Morgan fingerprint density at radius 3 is 2.85 bits per heavy atom. The summed E-state index contributed by atoms with van der Waals surface area (Å²) in [5, 5.41) is 18.4. The van der Waals surface area contributed by atoms with Crippen LogP contribution in [0.2, 0.25) is 0 Å². The van der Waals surface area contributed by atoms with Gasteiger partial charge in [0.05, 0.1) is 28.9 Å². The number of aromatic nitrogens is 3. The first-order chi connectivity index (χ1) is 13.0. The van der Waals surface area contributed by atoms with Gasteiger partial charge in [0.15, 0.2) is 0 Å². The van der Waals surface area contributed by atoms with Gasteiger partial charge in [0.25, 0.3) is 5.91 Å². The molecule has 0 saturated heterocycles. The molecule has 2 N–H and O–H groups in total. The first-order valence-corrected chi connectivity index (χ1v) is 9.42. The molecule has 0 radical (unpaired) electrons. The highest BCUT2D eigenvalue weighted by Gasteiger charge is 2.36. The second-order valence-corrected chi connectivity index (χ2v) is 7.28. The lowest BCUT2D eigenvalue weighted by Crippen LogP contribution is -2.41. The van der Waals surface area contributed by atoms with E-state index >= 15 is 0 Å². The van der Waals surface area contributed by atoms with Crippen LogP contribution in [0.5, 0.6) is 0 Å². The van der Waals surface area contributed by atoms with Gasteiger partial charge in [-0.3, -0.25) is 14.5 Å². The standard InChI is InChI=1S/C21H24N4O2/c1-3-25-12-18(13(2)24-25)21(27)23-20(15-9-17(26)10-15)16-8-14-6-4-5-7-19(14)22-11-16/h4-8,11-12,15,17,20,26H,3,9-10H2,1-2H3,(H,23,27). The van der Waals surface area contributed by atoms with Crippen LogP contribution in [0.3, 0.4) is 0 Å². The maximum absolute atomic E-state index is 12.9. The summed E-state index contributed by atoms with van der Waals surface area (Å²) in [6.45, 7) is 4.56. The molecule has 1 saturated carbocycles. The average molecular weight is 364 g/mol. The molecule has 1 atom stereocenters. The number of hydrogen-bond acceptors (Lipinski definition) is 4. The van der Waals surface area contributed by atoms with Crippen molar-refractivity contribution in [2.75, 3.05) is 0 Å². The number of aryl methyl sites for hydroxylation is 2. The Bertz CT molecular complexity index is 975. The number of pyridine rings is 1. The molecule has 3 aromatic rings. The molecule has 4 rings (SSSR count). The van der Waals surface area contributed by atoms with Crippen LogP contribution in [0, 0.1) is 12.8 Å². The molecule has 2 heterocycles. The van der Waals surface area contributed by atoms with Crippen molar-refractivity contribution < 1.29 is 9.90 Å². The van der Waals surface area contributed by atoms with Crippen molar-refractivity contribution in [1.82, 2.24) is 20.1 Å². The predicted octanol–water partition coefficient (Wildman–Crippen LogP) is 3.00. The second-order valence-electron chi connectivity index (χ2n) is 7.28. The van der Waals surface area contributed by atoms with Crippen molar-refractivity contribution in [3.63, 3.8) is 0 Å². The highest BCUT2D eigenvalue weighted by molar-refractivity contribution is 5.95. The van der Waals surface area contributed by atoms with Gasteiger partial charge in [-0.25, -0.2) is 0 Å². The van der Waals surface area contributed by atoms with E-state index in [0.29, 0.717) is 18.4 Å². The number of carbonyl (C=O) groups is 1. The fraction of sp³-hybridized carbons (Fsp3) is 0.381. The van der Waals surface area contributed by atoms with E-state index in [1.165, 1.54) is 0 Å². The molecule has 1 aliphatic rings. The van der Waals surface area contributed by atoms with Crippen LogP contribution in [0.15, 0.2) is 42.7 Å². The molecule has 140 valence electrons. The van der Waals surface area contributed by atoms with Gasteiger partial charge in [-0.2, -0.15) is 5.10 Å². The molecule has 27 heavy (non-hydrogen) atoms. The zero-order chi connectivity index (χ0) is 19.0. The number of aliphatic hydroxyl groups is 1. The van der Waals surface area contributed by atoms with E-state index in [-0.39, 0.29) is 24.0 Å². The lowest BCUT2D eigenvalue weighted by atomic mass is 9.75. The van der Waals surface area contributed by atoms with Crippen LogP contribution < -0.4 is 5.32 Å². The van der Waals surface area contributed by atoms with Crippen molar-refractivity contribution in [3.05, 3.63) is 59.5 Å². The molecule has 1 aromatic carbocycles. The van der Waals surface area contributed by atoms with E-state index in [1.807, 2.05) is 44.3 Å². The summed E-state index contributed by atoms with van der Waals surface area (Å²) in [5.74, 6) is 0.0696. The quantitative estimate of drug-likeness (QED) is 0.729. The molecule has 2 aromatic heterocycles. The Hall–Kier alpha value is -2.73. The Morgan fingerprint density at radius 1 is 1.37 bits per heavy atom. The van der Waals surface area contributed by atoms with Gasteiger partial charge in [0.2, 0.25) is 0 Å². The summed E-state index contributed by atoms with van der Waals surface area (Å²) in [7, 11) is 0. The predicted molar refractivity (Wildman–Crippen MR) is 103 cm³/mol. The molecule has 0 bridgehead atoms. The van der Waals surface area contributed by atoms with Crippen LogP contribution in [-0.2, 0) is 6.54 Å². The smallest absolute Gasteiger partial charge is 0.255 e. The fourth-order valence-corrected chi connectivity index (χ4v) is 3.76. The summed E-state index contributed by atoms with van der Waals surface area (Å²) in [5.41, 5.74) is 3.22. The van der Waals surface area contributed by atoms with E-state index in [9.17, 15) is 9.90 Å². The number of benzene rings is 1. The molecule has 1 aliphatic carbocycles. The van der Waals surface area contributed by atoms with Gasteiger partial charge in [0.1, 0.15) is 0 Å². The number of para-hydroxylation sites is 1. The van der Waals surface area contributed by atoms with Gasteiger partial charge in [0, 0.05) is 24.3 Å².